The molecular weight excluding hydrogens is 251 g/mol. The van der Waals surface area contributed by atoms with Gasteiger partial charge in [0.2, 0.25) is 0 Å². The van der Waals surface area contributed by atoms with Gasteiger partial charge in [-0.25, -0.2) is 0 Å². The van der Waals surface area contributed by atoms with Crippen molar-refractivity contribution in [3.8, 4) is 0 Å². The second-order valence-electron chi connectivity index (χ2n) is 2.87. The number of hydrogen-bond donors (Lipinski definition) is 0. The zero-order chi connectivity index (χ0) is 10.8. The van der Waals surface area contributed by atoms with E-state index in [2.05, 4.69) is 11.7 Å². The molecule has 0 spiro atoms. The normalized spacial score (nSPS) is 10.9. The van der Waals surface area contributed by atoms with Crippen molar-refractivity contribution in [2.24, 2.45) is 7.05 Å². The van der Waals surface area contributed by atoms with Crippen LogP contribution in [-0.2, 0) is 7.05 Å². The van der Waals surface area contributed by atoms with E-state index < -0.39 is 12.4 Å². The Kier molecular flexibility index (Phi) is 6.85. The van der Waals surface area contributed by atoms with Crippen LogP contribution >= 0.6 is 11.8 Å². The predicted molar refractivity (Wildman–Crippen MR) is 52.2 cm³/mol. The first-order valence-corrected chi connectivity index (χ1v) is 4.87. The molecule has 8 heteroatoms. The average molecular weight is 260 g/mol. The number of halogens is 3. The fraction of sp³-hybridized carbons (Fsp3) is 0.286. The fourth-order valence-corrected chi connectivity index (χ4v) is 1.63. The zero-order valence-corrected chi connectivity index (χ0v) is 12.5. The number of rotatable bonds is 4. The molecule has 0 radical (unpaired) electrons. The van der Waals surface area contributed by atoms with Gasteiger partial charge in [0, 0.05) is 18.1 Å². The molecular formula is C7H9BF3KN2S. The number of aromatic nitrogens is 2. The van der Waals surface area contributed by atoms with Gasteiger partial charge in [0.25, 0.3) is 0 Å². The molecule has 0 saturated carbocycles. The first kappa shape index (κ1) is 15.8. The van der Waals surface area contributed by atoms with Gasteiger partial charge in [-0.3, -0.25) is 4.68 Å². The summed E-state index contributed by atoms with van der Waals surface area (Å²) in [5.41, 5.74) is -0.668. The van der Waals surface area contributed by atoms with Gasteiger partial charge in [-0.05, 0) is 5.75 Å². The third-order valence-electron chi connectivity index (χ3n) is 1.57. The van der Waals surface area contributed by atoms with Gasteiger partial charge in [-0.15, -0.1) is 23.8 Å². The number of hydrogen-bond acceptors (Lipinski definition) is 2. The number of aryl methyl sites for hydroxylation is 1. The molecule has 0 aromatic carbocycles. The molecule has 0 bridgehead atoms. The van der Waals surface area contributed by atoms with Gasteiger partial charge in [-0.1, -0.05) is 0 Å². The molecule has 0 fully saturated rings. The summed E-state index contributed by atoms with van der Waals surface area (Å²) in [6, 6.07) is 0. The molecule has 0 atom stereocenters. The monoisotopic (exact) mass is 260 g/mol. The SMILES string of the molecule is C=C(CSc1cnn(C)c1)[B-](F)(F)F.[K+]. The third kappa shape index (κ3) is 5.60. The Bertz CT molecular complexity index is 339. The Labute approximate surface area is 133 Å². The van der Waals surface area contributed by atoms with E-state index in [9.17, 15) is 12.9 Å². The van der Waals surface area contributed by atoms with E-state index in [1.54, 1.807) is 17.9 Å². The Hall–Kier alpha value is 0.791. The second-order valence-corrected chi connectivity index (χ2v) is 3.92. The minimum absolute atomic E-state index is 0. The van der Waals surface area contributed by atoms with E-state index >= 15 is 0 Å². The van der Waals surface area contributed by atoms with Crippen LogP contribution in [0.4, 0.5) is 12.9 Å². The van der Waals surface area contributed by atoms with Crippen LogP contribution in [0.3, 0.4) is 0 Å². The van der Waals surface area contributed by atoms with Gasteiger partial charge in [0.05, 0.1) is 6.20 Å². The van der Waals surface area contributed by atoms with Crippen LogP contribution in [0.15, 0.2) is 29.3 Å². The van der Waals surface area contributed by atoms with E-state index in [4.69, 9.17) is 0 Å². The maximum atomic E-state index is 12.1. The van der Waals surface area contributed by atoms with E-state index in [1.165, 1.54) is 6.20 Å². The smallest absolute Gasteiger partial charge is 0.445 e. The maximum Gasteiger partial charge on any atom is 1.00 e. The van der Waals surface area contributed by atoms with Crippen molar-refractivity contribution in [2.45, 2.75) is 4.90 Å². The van der Waals surface area contributed by atoms with Gasteiger partial charge in [0.1, 0.15) is 0 Å². The van der Waals surface area contributed by atoms with Crippen molar-refractivity contribution in [3.63, 3.8) is 0 Å². The zero-order valence-electron chi connectivity index (χ0n) is 8.58. The van der Waals surface area contributed by atoms with Gasteiger partial charge >= 0.3 is 58.4 Å². The van der Waals surface area contributed by atoms with Crippen LogP contribution in [0.2, 0.25) is 0 Å². The molecule has 1 aromatic heterocycles. The molecule has 1 aromatic rings. The molecule has 78 valence electrons. The molecule has 0 amide bonds. The van der Waals surface area contributed by atoms with E-state index in [1.807, 2.05) is 0 Å². The Morgan fingerprint density at radius 2 is 2.20 bits per heavy atom. The first-order chi connectivity index (χ1) is 6.39. The summed E-state index contributed by atoms with van der Waals surface area (Å²) in [5, 5.41) is 3.85. The summed E-state index contributed by atoms with van der Waals surface area (Å²) < 4.78 is 37.8. The van der Waals surface area contributed by atoms with Crippen molar-refractivity contribution in [1.82, 2.24) is 9.78 Å². The minimum Gasteiger partial charge on any atom is -0.445 e. The average Bonchev–Trinajstić information content (AvgIpc) is 2.45. The third-order valence-corrected chi connectivity index (χ3v) is 2.63. The van der Waals surface area contributed by atoms with Crippen LogP contribution in [0.5, 0.6) is 0 Å². The molecule has 2 nitrogen and oxygen atoms in total. The number of thioether (sulfide) groups is 1. The summed E-state index contributed by atoms with van der Waals surface area (Å²) >= 11 is 1.09. The van der Waals surface area contributed by atoms with Crippen molar-refractivity contribution in [3.05, 3.63) is 24.4 Å². The summed E-state index contributed by atoms with van der Waals surface area (Å²) in [7, 11) is 1.71. The number of nitrogens with zero attached hydrogens (tertiary/aromatic N) is 2. The molecule has 0 aliphatic carbocycles. The summed E-state index contributed by atoms with van der Waals surface area (Å²) in [5.74, 6) is -0.130. The summed E-state index contributed by atoms with van der Waals surface area (Å²) in [6.07, 6.45) is 3.20. The van der Waals surface area contributed by atoms with Gasteiger partial charge < -0.3 is 12.9 Å². The van der Waals surface area contributed by atoms with Gasteiger partial charge in [-0.2, -0.15) is 5.10 Å². The van der Waals surface area contributed by atoms with Gasteiger partial charge in [0.15, 0.2) is 0 Å². The Morgan fingerprint density at radius 3 is 2.60 bits per heavy atom. The van der Waals surface area contributed by atoms with Crippen LogP contribution in [0, 0.1) is 0 Å². The molecule has 0 N–H and O–H groups in total. The van der Waals surface area contributed by atoms with Crippen LogP contribution in [-0.4, -0.2) is 22.5 Å². The van der Waals surface area contributed by atoms with Crippen molar-refractivity contribution in [2.75, 3.05) is 5.75 Å². The largest absolute Gasteiger partial charge is 1.00 e. The molecule has 0 aliphatic heterocycles. The molecule has 0 saturated heterocycles. The predicted octanol–water partition coefficient (Wildman–Crippen LogP) is -0.541. The Morgan fingerprint density at radius 1 is 1.60 bits per heavy atom. The summed E-state index contributed by atoms with van der Waals surface area (Å²) in [6.45, 7) is -1.90. The topological polar surface area (TPSA) is 17.8 Å². The molecule has 15 heavy (non-hydrogen) atoms. The standard InChI is InChI=1S/C7H9BF3N2S.K/c1-6(8(9,10)11)5-14-7-3-12-13(2)4-7;/h3-4H,1,5H2,2H3;/q-1;+1. The van der Waals surface area contributed by atoms with Crippen molar-refractivity contribution in [1.29, 1.82) is 0 Å². The molecule has 0 aliphatic rings. The maximum absolute atomic E-state index is 12.1. The van der Waals surface area contributed by atoms with E-state index in [-0.39, 0.29) is 57.1 Å². The minimum atomic E-state index is -4.91. The van der Waals surface area contributed by atoms with Crippen molar-refractivity contribution >= 4 is 18.7 Å². The van der Waals surface area contributed by atoms with Crippen molar-refractivity contribution < 1.29 is 64.3 Å². The first-order valence-electron chi connectivity index (χ1n) is 3.88. The van der Waals surface area contributed by atoms with Crippen LogP contribution in [0.25, 0.3) is 0 Å². The Balaban J connectivity index is 0.00000196. The van der Waals surface area contributed by atoms with E-state index in [0.717, 1.165) is 11.8 Å². The molecule has 1 heterocycles. The quantitative estimate of drug-likeness (QED) is 0.534. The van der Waals surface area contributed by atoms with E-state index in [0.29, 0.717) is 4.90 Å². The van der Waals surface area contributed by atoms with Crippen LogP contribution in [0.1, 0.15) is 0 Å². The second kappa shape index (κ2) is 6.51. The fourth-order valence-electron chi connectivity index (χ4n) is 0.744. The summed E-state index contributed by atoms with van der Waals surface area (Å²) in [4.78, 5) is 0.716. The van der Waals surface area contributed by atoms with Crippen LogP contribution < -0.4 is 51.4 Å². The molecule has 1 rings (SSSR count). The molecule has 0 unspecified atom stereocenters.